The van der Waals surface area contributed by atoms with E-state index < -0.39 is 18.9 Å². The predicted molar refractivity (Wildman–Crippen MR) is 55.3 cm³/mol. The van der Waals surface area contributed by atoms with Crippen LogP contribution in [0.3, 0.4) is 0 Å². The third-order valence-electron chi connectivity index (χ3n) is 1.77. The summed E-state index contributed by atoms with van der Waals surface area (Å²) in [5, 5.41) is 17.9. The van der Waals surface area contributed by atoms with E-state index in [2.05, 4.69) is 20.7 Å². The molecule has 0 saturated heterocycles. The average molecular weight is 277 g/mol. The standard InChI is InChI=1S/C8H7BBrFO4/c1-15-8(12)4-2-5(9(13)14)6(10)3-7(4)11/h2-3,13-14H,1H3. The first-order valence-electron chi connectivity index (χ1n) is 3.90. The molecule has 0 unspecified atom stereocenters. The van der Waals surface area contributed by atoms with Gasteiger partial charge in [0.05, 0.1) is 12.7 Å². The number of rotatable bonds is 2. The van der Waals surface area contributed by atoms with Gasteiger partial charge in [-0.2, -0.15) is 0 Å². The molecule has 0 spiro atoms. The molecule has 2 N–H and O–H groups in total. The van der Waals surface area contributed by atoms with Crippen LogP contribution in [-0.4, -0.2) is 30.2 Å². The van der Waals surface area contributed by atoms with E-state index in [0.29, 0.717) is 0 Å². The van der Waals surface area contributed by atoms with Crippen molar-refractivity contribution >= 4 is 34.5 Å². The van der Waals surface area contributed by atoms with Crippen molar-refractivity contribution in [3.8, 4) is 0 Å². The Balaban J connectivity index is 3.29. The molecular weight excluding hydrogens is 270 g/mol. The van der Waals surface area contributed by atoms with E-state index in [4.69, 9.17) is 10.0 Å². The molecule has 7 heteroatoms. The third-order valence-corrected chi connectivity index (χ3v) is 2.46. The van der Waals surface area contributed by atoms with Gasteiger partial charge in [0.1, 0.15) is 5.82 Å². The molecule has 0 atom stereocenters. The molecule has 1 aromatic carbocycles. The summed E-state index contributed by atoms with van der Waals surface area (Å²) < 4.78 is 17.7. The summed E-state index contributed by atoms with van der Waals surface area (Å²) in [7, 11) is -0.679. The first-order valence-corrected chi connectivity index (χ1v) is 4.70. The van der Waals surface area contributed by atoms with Crippen molar-refractivity contribution in [3.05, 3.63) is 28.0 Å². The van der Waals surface area contributed by atoms with Crippen molar-refractivity contribution in [2.75, 3.05) is 7.11 Å². The van der Waals surface area contributed by atoms with Gasteiger partial charge in [-0.05, 0) is 17.6 Å². The summed E-state index contributed by atoms with van der Waals surface area (Å²) in [6, 6.07) is 2.00. The Morgan fingerprint density at radius 2 is 2.13 bits per heavy atom. The summed E-state index contributed by atoms with van der Waals surface area (Å²) in [5.74, 6) is -1.67. The van der Waals surface area contributed by atoms with Crippen LogP contribution in [0, 0.1) is 5.82 Å². The zero-order valence-corrected chi connectivity index (χ0v) is 9.28. The topological polar surface area (TPSA) is 66.8 Å². The zero-order chi connectivity index (χ0) is 11.6. The number of halogens is 2. The van der Waals surface area contributed by atoms with Crippen molar-refractivity contribution in [1.29, 1.82) is 0 Å². The molecule has 15 heavy (non-hydrogen) atoms. The summed E-state index contributed by atoms with van der Waals surface area (Å²) in [6.45, 7) is 0. The molecule has 0 amide bonds. The maximum Gasteiger partial charge on any atom is 0.489 e. The van der Waals surface area contributed by atoms with Gasteiger partial charge in [-0.3, -0.25) is 0 Å². The van der Waals surface area contributed by atoms with Gasteiger partial charge in [0.15, 0.2) is 0 Å². The van der Waals surface area contributed by atoms with Crippen LogP contribution in [0.4, 0.5) is 4.39 Å². The molecule has 0 aliphatic heterocycles. The summed E-state index contributed by atoms with van der Waals surface area (Å²) >= 11 is 2.94. The molecule has 1 rings (SSSR count). The van der Waals surface area contributed by atoms with E-state index in [9.17, 15) is 9.18 Å². The second kappa shape index (κ2) is 4.74. The first-order chi connectivity index (χ1) is 6.97. The van der Waals surface area contributed by atoms with E-state index in [0.717, 1.165) is 19.2 Å². The molecule has 1 aromatic rings. The van der Waals surface area contributed by atoms with E-state index in [-0.39, 0.29) is 15.5 Å². The molecule has 0 aromatic heterocycles. The van der Waals surface area contributed by atoms with Gasteiger partial charge in [-0.1, -0.05) is 15.9 Å². The number of carbonyl (C=O) groups excluding carboxylic acids is 1. The second-order valence-electron chi connectivity index (χ2n) is 2.72. The van der Waals surface area contributed by atoms with Gasteiger partial charge >= 0.3 is 13.1 Å². The summed E-state index contributed by atoms with van der Waals surface area (Å²) in [4.78, 5) is 11.1. The van der Waals surface area contributed by atoms with Crippen LogP contribution in [0.5, 0.6) is 0 Å². The fraction of sp³-hybridized carbons (Fsp3) is 0.125. The van der Waals surface area contributed by atoms with Crippen molar-refractivity contribution in [2.45, 2.75) is 0 Å². The van der Waals surface area contributed by atoms with Gasteiger partial charge in [-0.15, -0.1) is 0 Å². The van der Waals surface area contributed by atoms with E-state index in [1.165, 1.54) is 0 Å². The fourth-order valence-electron chi connectivity index (χ4n) is 1.03. The van der Waals surface area contributed by atoms with Crippen LogP contribution < -0.4 is 5.46 Å². The largest absolute Gasteiger partial charge is 0.489 e. The summed E-state index contributed by atoms with van der Waals surface area (Å²) in [6.07, 6.45) is 0. The van der Waals surface area contributed by atoms with Crippen molar-refractivity contribution in [1.82, 2.24) is 0 Å². The van der Waals surface area contributed by atoms with Crippen LogP contribution in [0.1, 0.15) is 10.4 Å². The zero-order valence-electron chi connectivity index (χ0n) is 7.70. The Hall–Kier alpha value is -0.915. The minimum atomic E-state index is -1.79. The third kappa shape index (κ3) is 2.56. The maximum atomic E-state index is 13.2. The van der Waals surface area contributed by atoms with Gasteiger partial charge < -0.3 is 14.8 Å². The Morgan fingerprint density at radius 1 is 1.53 bits per heavy atom. The minimum absolute atomic E-state index is 0.00296. The van der Waals surface area contributed by atoms with Crippen molar-refractivity contribution in [3.63, 3.8) is 0 Å². The highest BCUT2D eigenvalue weighted by atomic mass is 79.9. The highest BCUT2D eigenvalue weighted by molar-refractivity contribution is 9.10. The SMILES string of the molecule is COC(=O)c1cc(B(O)O)c(Br)cc1F. The predicted octanol–water partition coefficient (Wildman–Crippen LogP) is 0.0546. The van der Waals surface area contributed by atoms with Gasteiger partial charge in [0, 0.05) is 4.47 Å². The lowest BCUT2D eigenvalue weighted by Gasteiger charge is -2.07. The molecule has 4 nitrogen and oxygen atoms in total. The van der Waals surface area contributed by atoms with E-state index >= 15 is 0 Å². The van der Waals surface area contributed by atoms with Gasteiger partial charge in [0.2, 0.25) is 0 Å². The highest BCUT2D eigenvalue weighted by Crippen LogP contribution is 2.14. The second-order valence-corrected chi connectivity index (χ2v) is 3.57. The Bertz CT molecular complexity index is 396. The van der Waals surface area contributed by atoms with Crippen LogP contribution in [-0.2, 0) is 4.74 Å². The molecule has 0 saturated carbocycles. The molecular formula is C8H7BBrFO4. The Labute approximate surface area is 94.0 Å². The molecule has 80 valence electrons. The van der Waals surface area contributed by atoms with Crippen molar-refractivity contribution < 1.29 is 24.0 Å². The fourth-order valence-corrected chi connectivity index (χ4v) is 1.55. The van der Waals surface area contributed by atoms with Crippen LogP contribution in [0.15, 0.2) is 16.6 Å². The van der Waals surface area contributed by atoms with E-state index in [1.54, 1.807) is 0 Å². The minimum Gasteiger partial charge on any atom is -0.465 e. The average Bonchev–Trinajstić information content (AvgIpc) is 2.16. The van der Waals surface area contributed by atoms with Crippen LogP contribution in [0.2, 0.25) is 0 Å². The molecule has 0 fully saturated rings. The number of hydrogen-bond acceptors (Lipinski definition) is 4. The monoisotopic (exact) mass is 276 g/mol. The number of esters is 1. The molecule has 0 radical (unpaired) electrons. The number of methoxy groups -OCH3 is 1. The molecule has 0 aliphatic carbocycles. The Kier molecular flexibility index (Phi) is 3.84. The number of carbonyl (C=O) groups is 1. The quantitative estimate of drug-likeness (QED) is 0.592. The lowest BCUT2D eigenvalue weighted by atomic mass is 9.79. The lowest BCUT2D eigenvalue weighted by molar-refractivity contribution is 0.0595. The van der Waals surface area contributed by atoms with E-state index in [1.807, 2.05) is 0 Å². The number of ether oxygens (including phenoxy) is 1. The Morgan fingerprint density at radius 3 is 2.60 bits per heavy atom. The highest BCUT2D eigenvalue weighted by Gasteiger charge is 2.21. The summed E-state index contributed by atoms with van der Waals surface area (Å²) in [5.41, 5.74) is -0.347. The molecule has 0 aliphatic rings. The number of benzene rings is 1. The molecule has 0 bridgehead atoms. The normalized spacial score (nSPS) is 9.93. The van der Waals surface area contributed by atoms with Crippen LogP contribution in [0.25, 0.3) is 0 Å². The number of hydrogen-bond donors (Lipinski definition) is 2. The molecule has 0 heterocycles. The van der Waals surface area contributed by atoms with Gasteiger partial charge in [-0.25, -0.2) is 9.18 Å². The first kappa shape index (κ1) is 12.2. The lowest BCUT2D eigenvalue weighted by Crippen LogP contribution is -2.32. The van der Waals surface area contributed by atoms with Crippen molar-refractivity contribution in [2.24, 2.45) is 0 Å². The van der Waals surface area contributed by atoms with Crippen LogP contribution >= 0.6 is 15.9 Å². The smallest absolute Gasteiger partial charge is 0.465 e. The van der Waals surface area contributed by atoms with Gasteiger partial charge in [0.25, 0.3) is 0 Å². The maximum absolute atomic E-state index is 13.2.